The fourth-order valence-corrected chi connectivity index (χ4v) is 3.65. The molecule has 2 heteroatoms. The molecule has 110 valence electrons. The fourth-order valence-electron chi connectivity index (χ4n) is 3.65. The van der Waals surface area contributed by atoms with Gasteiger partial charge in [-0.15, -0.1) is 0 Å². The molecule has 23 heavy (non-hydrogen) atoms. The Labute approximate surface area is 134 Å². The van der Waals surface area contributed by atoms with Crippen LogP contribution in [-0.2, 0) is 13.6 Å². The Morgan fingerprint density at radius 1 is 0.870 bits per heavy atom. The van der Waals surface area contributed by atoms with Crippen molar-refractivity contribution in [1.29, 1.82) is 0 Å². The second-order valence-corrected chi connectivity index (χ2v) is 6.22. The van der Waals surface area contributed by atoms with Crippen LogP contribution in [0.5, 0.6) is 0 Å². The van der Waals surface area contributed by atoms with Crippen LogP contribution in [0.25, 0.3) is 32.3 Å². The molecule has 1 aromatic heterocycles. The van der Waals surface area contributed by atoms with Crippen molar-refractivity contribution in [3.63, 3.8) is 0 Å². The summed E-state index contributed by atoms with van der Waals surface area (Å²) >= 11 is 0. The van der Waals surface area contributed by atoms with Gasteiger partial charge in [-0.2, -0.15) is 0 Å². The van der Waals surface area contributed by atoms with Gasteiger partial charge in [0, 0.05) is 0 Å². The average Bonchev–Trinajstić information content (AvgIpc) is 2.99. The minimum atomic E-state index is 0.842. The lowest BCUT2D eigenvalue weighted by molar-refractivity contribution is -0.675. The quantitative estimate of drug-likeness (QED) is 0.264. The third kappa shape index (κ3) is 1.85. The molecule has 4 aromatic carbocycles. The summed E-state index contributed by atoms with van der Waals surface area (Å²) in [5.74, 6) is 0. The summed E-state index contributed by atoms with van der Waals surface area (Å²) in [7, 11) is 2.00. The number of imidazole rings is 1. The summed E-state index contributed by atoms with van der Waals surface area (Å²) in [4.78, 5) is 0. The summed E-state index contributed by atoms with van der Waals surface area (Å²) in [6.45, 7) is 0.842. The van der Waals surface area contributed by atoms with E-state index in [1.807, 2.05) is 17.8 Å². The summed E-state index contributed by atoms with van der Waals surface area (Å²) in [6, 6.07) is 20.0. The summed E-state index contributed by atoms with van der Waals surface area (Å²) in [5, 5.41) is 8.06. The second-order valence-electron chi connectivity index (χ2n) is 6.22. The van der Waals surface area contributed by atoms with Crippen LogP contribution in [0.3, 0.4) is 0 Å². The van der Waals surface area contributed by atoms with E-state index in [1.165, 1.54) is 37.9 Å². The van der Waals surface area contributed by atoms with E-state index in [0.29, 0.717) is 0 Å². The number of benzene rings is 4. The van der Waals surface area contributed by atoms with Crippen LogP contribution in [0.1, 0.15) is 5.56 Å². The Morgan fingerprint density at radius 2 is 1.57 bits per heavy atom. The first-order valence-electron chi connectivity index (χ1n) is 7.89. The highest BCUT2D eigenvalue weighted by Crippen LogP contribution is 2.35. The van der Waals surface area contributed by atoms with Gasteiger partial charge < -0.3 is 9.13 Å². The van der Waals surface area contributed by atoms with E-state index >= 15 is 0 Å². The molecular formula is C21H16N2. The van der Waals surface area contributed by atoms with Crippen LogP contribution in [-0.4, -0.2) is 4.57 Å². The number of aromatic nitrogens is 2. The molecule has 0 radical (unpaired) electrons. The molecule has 5 aromatic rings. The van der Waals surface area contributed by atoms with Gasteiger partial charge in [-0.3, -0.25) is 0 Å². The average molecular weight is 296 g/mol. The van der Waals surface area contributed by atoms with Gasteiger partial charge in [0.1, 0.15) is 0 Å². The van der Waals surface area contributed by atoms with Crippen molar-refractivity contribution in [3.05, 3.63) is 78.9 Å². The van der Waals surface area contributed by atoms with Crippen molar-refractivity contribution in [2.75, 3.05) is 0 Å². The van der Waals surface area contributed by atoms with Crippen molar-refractivity contribution in [3.8, 4) is 0 Å². The molecule has 2 nitrogen and oxygen atoms in total. The number of rotatable bonds is 2. The van der Waals surface area contributed by atoms with Crippen LogP contribution < -0.4 is 4.57 Å². The zero-order valence-corrected chi connectivity index (χ0v) is 13.0. The number of aryl methyl sites for hydroxylation is 1. The Morgan fingerprint density at radius 3 is 2.30 bits per heavy atom. The molecule has 0 N–H and O–H groups in total. The monoisotopic (exact) mass is 296 g/mol. The highest BCUT2D eigenvalue weighted by atomic mass is 15.1. The van der Waals surface area contributed by atoms with Crippen LogP contribution in [0.2, 0.25) is 0 Å². The summed E-state index contributed by atoms with van der Waals surface area (Å²) in [5.41, 5.74) is 1.34. The van der Waals surface area contributed by atoms with Crippen molar-refractivity contribution >= 4 is 32.3 Å². The van der Waals surface area contributed by atoms with Crippen molar-refractivity contribution in [2.24, 2.45) is 7.05 Å². The second kappa shape index (κ2) is 4.56. The zero-order chi connectivity index (χ0) is 15.4. The normalized spacial score (nSPS) is 11.9. The zero-order valence-electron chi connectivity index (χ0n) is 13.0. The Balaban J connectivity index is 1.83. The van der Waals surface area contributed by atoms with Gasteiger partial charge in [0.25, 0.3) is 0 Å². The molecule has 0 bridgehead atoms. The Bertz CT molecular complexity index is 1130. The van der Waals surface area contributed by atoms with Crippen molar-refractivity contribution < 1.29 is 4.57 Å². The smallest absolute Gasteiger partial charge is 0.203 e. The van der Waals surface area contributed by atoms with E-state index in [0.717, 1.165) is 6.54 Å². The fraction of sp³-hybridized carbons (Fsp3) is 0.0952. The van der Waals surface area contributed by atoms with E-state index in [9.17, 15) is 0 Å². The Hall–Kier alpha value is -2.87. The molecule has 0 saturated heterocycles. The van der Waals surface area contributed by atoms with Gasteiger partial charge in [-0.05, 0) is 50.3 Å². The number of hydrogen-bond acceptors (Lipinski definition) is 0. The highest BCUT2D eigenvalue weighted by Gasteiger charge is 2.11. The molecule has 0 aliphatic heterocycles. The lowest BCUT2D eigenvalue weighted by Crippen LogP contribution is -2.24. The number of nitrogens with zero attached hydrogens (tertiary/aromatic N) is 2. The molecule has 5 rings (SSSR count). The van der Waals surface area contributed by atoms with E-state index < -0.39 is 0 Å². The van der Waals surface area contributed by atoms with E-state index in [4.69, 9.17) is 0 Å². The van der Waals surface area contributed by atoms with Gasteiger partial charge in [0.05, 0.1) is 13.6 Å². The minimum absolute atomic E-state index is 0.842. The van der Waals surface area contributed by atoms with Crippen molar-refractivity contribution in [1.82, 2.24) is 4.57 Å². The third-order valence-corrected chi connectivity index (χ3v) is 4.72. The molecule has 0 atom stereocenters. The largest absolute Gasteiger partial charge is 0.354 e. The SMILES string of the molecule is C[n+]1[c-]n(Cc2ccc3ccc4cccc5ccc2c3c45)cc1. The summed E-state index contributed by atoms with van der Waals surface area (Å²) < 4.78 is 4.06. The predicted octanol–water partition coefficient (Wildman–Crippen LogP) is 4.06. The summed E-state index contributed by atoms with van der Waals surface area (Å²) in [6.07, 6.45) is 7.38. The molecule has 0 aliphatic carbocycles. The molecule has 0 amide bonds. The van der Waals surface area contributed by atoms with Gasteiger partial charge in [-0.1, -0.05) is 54.6 Å². The van der Waals surface area contributed by atoms with Crippen molar-refractivity contribution in [2.45, 2.75) is 6.54 Å². The lowest BCUT2D eigenvalue weighted by atomic mass is 9.92. The first-order valence-corrected chi connectivity index (χ1v) is 7.89. The maximum Gasteiger partial charge on any atom is 0.203 e. The van der Waals surface area contributed by atoms with Gasteiger partial charge in [-0.25, -0.2) is 0 Å². The molecule has 0 fully saturated rings. The third-order valence-electron chi connectivity index (χ3n) is 4.72. The molecule has 0 aliphatic rings. The highest BCUT2D eigenvalue weighted by molar-refractivity contribution is 6.23. The molecule has 0 unspecified atom stereocenters. The first kappa shape index (κ1) is 12.7. The van der Waals surface area contributed by atoms with Crippen LogP contribution in [0.15, 0.2) is 67.0 Å². The van der Waals surface area contributed by atoms with Crippen LogP contribution >= 0.6 is 0 Å². The maximum atomic E-state index is 3.29. The molecule has 1 heterocycles. The standard InChI is InChI=1S/C21H16N2/c1-22-11-12-23(14-22)13-18-8-7-17-6-5-15-3-2-4-16-9-10-19(18)21(17)20(15)16/h2-12H,13H2,1H3. The van der Waals surface area contributed by atoms with Gasteiger partial charge in [0.15, 0.2) is 0 Å². The van der Waals surface area contributed by atoms with Crippen LogP contribution in [0, 0.1) is 6.33 Å². The van der Waals surface area contributed by atoms with E-state index in [-0.39, 0.29) is 0 Å². The topological polar surface area (TPSA) is 8.81 Å². The molecule has 0 saturated carbocycles. The lowest BCUT2D eigenvalue weighted by Gasteiger charge is -2.13. The molecule has 0 spiro atoms. The Kier molecular flexibility index (Phi) is 2.51. The predicted molar refractivity (Wildman–Crippen MR) is 93.7 cm³/mol. The first-order chi connectivity index (χ1) is 11.3. The van der Waals surface area contributed by atoms with Crippen LogP contribution in [0.4, 0.5) is 0 Å². The van der Waals surface area contributed by atoms with Gasteiger partial charge in [0.2, 0.25) is 6.33 Å². The number of hydrogen-bond donors (Lipinski definition) is 0. The maximum absolute atomic E-state index is 3.29. The van der Waals surface area contributed by atoms with Gasteiger partial charge >= 0.3 is 0 Å². The van der Waals surface area contributed by atoms with E-state index in [2.05, 4.69) is 71.7 Å². The molecular weight excluding hydrogens is 280 g/mol. The minimum Gasteiger partial charge on any atom is -0.354 e. The van der Waals surface area contributed by atoms with E-state index in [1.54, 1.807) is 0 Å².